The van der Waals surface area contributed by atoms with E-state index in [1.807, 2.05) is 76.2 Å². The van der Waals surface area contributed by atoms with E-state index in [1.54, 1.807) is 14.2 Å². The minimum Gasteiger partial charge on any atom is -0.493 e. The quantitative estimate of drug-likeness (QED) is 0.144. The number of hydrogen-bond acceptors (Lipinski definition) is 10. The molecule has 2 aromatic rings. The minimum atomic E-state index is -2.11. The second-order valence-corrected chi connectivity index (χ2v) is 12.9. The Kier molecular flexibility index (Phi) is 11.2. The van der Waals surface area contributed by atoms with Gasteiger partial charge in [-0.05, 0) is 71.2 Å². The molecule has 53 heavy (non-hydrogen) atoms. The normalized spacial score (nSPS) is 24.6. The molecule has 0 heterocycles. The highest BCUT2D eigenvalue weighted by molar-refractivity contribution is 5.89. The lowest BCUT2D eigenvalue weighted by Crippen LogP contribution is -2.77. The maximum absolute atomic E-state index is 14.3. The molecule has 10 nitrogen and oxygen atoms in total. The fraction of sp³-hybridized carbons (Fsp3) is 0.395. The summed E-state index contributed by atoms with van der Waals surface area (Å²) in [6.07, 6.45) is 0.868. The second kappa shape index (κ2) is 15.1. The van der Waals surface area contributed by atoms with Gasteiger partial charge in [-0.3, -0.25) is 0 Å². The zero-order chi connectivity index (χ0) is 38.9. The molecule has 10 heteroatoms. The Morgan fingerprint density at radius 3 is 1.26 bits per heavy atom. The monoisotopic (exact) mass is 726 g/mol. The summed E-state index contributed by atoms with van der Waals surface area (Å²) in [5.74, 6) is -0.788. The van der Waals surface area contributed by atoms with Gasteiger partial charge in [0.1, 0.15) is 17.6 Å². The SMILES string of the molecule is C=CC(=O)OC1(C2(C3(OC(=O)C=C)C(OC)=C(OC)C(C)=C(CC)C3OC)c3ccccc3-c3ccccc32)C(OC)=C(OC)C(C)=C(CC)C1OC. The smallest absolute Gasteiger partial charge is 0.331 e. The van der Waals surface area contributed by atoms with Crippen LogP contribution in [0.4, 0.5) is 0 Å². The highest BCUT2D eigenvalue weighted by Crippen LogP contribution is 2.70. The summed E-state index contributed by atoms with van der Waals surface area (Å²) in [7, 11) is 9.10. The van der Waals surface area contributed by atoms with E-state index < -0.39 is 40.8 Å². The van der Waals surface area contributed by atoms with Gasteiger partial charge in [-0.2, -0.15) is 0 Å². The number of rotatable bonds is 14. The zero-order valence-electron chi connectivity index (χ0n) is 32.3. The summed E-state index contributed by atoms with van der Waals surface area (Å²) in [6, 6.07) is 15.4. The first-order chi connectivity index (χ1) is 25.5. The van der Waals surface area contributed by atoms with Crippen LogP contribution in [0.2, 0.25) is 0 Å². The van der Waals surface area contributed by atoms with Crippen molar-refractivity contribution >= 4 is 11.9 Å². The first kappa shape index (κ1) is 39.2. The second-order valence-electron chi connectivity index (χ2n) is 12.9. The van der Waals surface area contributed by atoms with Crippen LogP contribution in [0, 0.1) is 0 Å². The first-order valence-corrected chi connectivity index (χ1v) is 17.5. The number of methoxy groups -OCH3 is 6. The number of carbonyl (C=O) groups excluding carboxylic acids is 2. The molecule has 5 rings (SSSR count). The topological polar surface area (TPSA) is 108 Å². The Bertz CT molecular complexity index is 1810. The third-order valence-electron chi connectivity index (χ3n) is 11.1. The maximum Gasteiger partial charge on any atom is 0.331 e. The Labute approximate surface area is 312 Å². The predicted molar refractivity (Wildman–Crippen MR) is 200 cm³/mol. The Balaban J connectivity index is 2.31. The molecule has 0 aliphatic heterocycles. The third kappa shape index (κ3) is 5.06. The lowest BCUT2D eigenvalue weighted by molar-refractivity contribution is -0.230. The van der Waals surface area contributed by atoms with Crippen LogP contribution in [0.25, 0.3) is 11.1 Å². The van der Waals surface area contributed by atoms with Gasteiger partial charge in [-0.15, -0.1) is 0 Å². The predicted octanol–water partition coefficient (Wildman–Crippen LogP) is 7.41. The number of fused-ring (bicyclic) bond motifs is 3. The van der Waals surface area contributed by atoms with Crippen LogP contribution in [-0.2, 0) is 52.9 Å². The zero-order valence-corrected chi connectivity index (χ0v) is 32.3. The van der Waals surface area contributed by atoms with Crippen molar-refractivity contribution in [1.82, 2.24) is 0 Å². The molecular formula is C43H50O10. The molecule has 3 aliphatic rings. The first-order valence-electron chi connectivity index (χ1n) is 17.5. The van der Waals surface area contributed by atoms with Crippen molar-refractivity contribution < 1.29 is 47.5 Å². The van der Waals surface area contributed by atoms with Crippen molar-refractivity contribution in [1.29, 1.82) is 0 Å². The van der Waals surface area contributed by atoms with Crippen molar-refractivity contribution in [3.05, 3.63) is 130 Å². The number of esters is 2. The van der Waals surface area contributed by atoms with E-state index >= 15 is 0 Å². The average molecular weight is 727 g/mol. The van der Waals surface area contributed by atoms with E-state index in [9.17, 15) is 9.59 Å². The summed E-state index contributed by atoms with van der Waals surface area (Å²) in [4.78, 5) is 28.6. The molecule has 0 fully saturated rings. The van der Waals surface area contributed by atoms with Crippen molar-refractivity contribution in [2.75, 3.05) is 42.7 Å². The van der Waals surface area contributed by atoms with Gasteiger partial charge in [0.25, 0.3) is 0 Å². The van der Waals surface area contributed by atoms with Crippen LogP contribution in [0.3, 0.4) is 0 Å². The average Bonchev–Trinajstić information content (AvgIpc) is 3.49. The van der Waals surface area contributed by atoms with Crippen LogP contribution in [0.5, 0.6) is 0 Å². The largest absolute Gasteiger partial charge is 0.493 e. The molecule has 0 saturated carbocycles. The number of benzene rings is 2. The third-order valence-corrected chi connectivity index (χ3v) is 11.1. The van der Waals surface area contributed by atoms with Crippen molar-refractivity contribution in [2.24, 2.45) is 0 Å². The van der Waals surface area contributed by atoms with Gasteiger partial charge in [0, 0.05) is 26.4 Å². The fourth-order valence-corrected chi connectivity index (χ4v) is 9.39. The maximum atomic E-state index is 14.3. The van der Waals surface area contributed by atoms with E-state index in [1.165, 1.54) is 28.4 Å². The van der Waals surface area contributed by atoms with Gasteiger partial charge in [0.2, 0.25) is 11.2 Å². The molecule has 282 valence electrons. The summed E-state index contributed by atoms with van der Waals surface area (Å²) in [6.45, 7) is 15.4. The Morgan fingerprint density at radius 2 is 0.981 bits per heavy atom. The Hall–Kier alpha value is -5.06. The van der Waals surface area contributed by atoms with E-state index in [4.69, 9.17) is 37.9 Å². The fourth-order valence-electron chi connectivity index (χ4n) is 9.39. The van der Waals surface area contributed by atoms with Crippen LogP contribution in [0.15, 0.2) is 119 Å². The Morgan fingerprint density at radius 1 is 0.623 bits per heavy atom. The molecule has 0 saturated heterocycles. The molecule has 4 atom stereocenters. The number of ether oxygens (including phenoxy) is 8. The van der Waals surface area contributed by atoms with Gasteiger partial charge in [-0.1, -0.05) is 75.5 Å². The van der Waals surface area contributed by atoms with E-state index in [0.717, 1.165) is 45.6 Å². The molecular weight excluding hydrogens is 676 g/mol. The number of hydrogen-bond donors (Lipinski definition) is 0. The van der Waals surface area contributed by atoms with Gasteiger partial charge in [0.05, 0.1) is 28.4 Å². The molecule has 3 aliphatic carbocycles. The van der Waals surface area contributed by atoms with Gasteiger partial charge in [0.15, 0.2) is 23.0 Å². The van der Waals surface area contributed by atoms with Gasteiger partial charge in [-0.25, -0.2) is 9.59 Å². The molecule has 0 spiro atoms. The molecule has 0 aromatic heterocycles. The summed E-state index contributed by atoms with van der Waals surface area (Å²) >= 11 is 0. The molecule has 2 aromatic carbocycles. The highest BCUT2D eigenvalue weighted by Gasteiger charge is 2.82. The van der Waals surface area contributed by atoms with Crippen LogP contribution < -0.4 is 0 Å². The van der Waals surface area contributed by atoms with Crippen molar-refractivity contribution in [3.8, 4) is 11.1 Å². The van der Waals surface area contributed by atoms with E-state index in [2.05, 4.69) is 13.2 Å². The van der Waals surface area contributed by atoms with Gasteiger partial charge < -0.3 is 37.9 Å². The van der Waals surface area contributed by atoms with E-state index in [-0.39, 0.29) is 11.5 Å². The van der Waals surface area contributed by atoms with Crippen LogP contribution in [0.1, 0.15) is 51.7 Å². The summed E-state index contributed by atoms with van der Waals surface area (Å²) in [5.41, 5.74) is -0.415. The standard InChI is InChI=1S/C43H50O10/c1-13-27-25(5)35(46-7)39(50-11)42(37(27)48-9,52-33(44)15-3)41(31-23-19-17-21-29(31)30-22-18-20-24-32(30)41)43(53-34(45)16-4)38(49-10)28(14-2)26(6)36(47-8)40(43)51-12/h15-24,37-38H,3-4,13-14H2,1-2,5-12H3. The molecule has 0 bridgehead atoms. The number of carbonyl (C=O) groups is 2. The minimum absolute atomic E-state index is 0.103. The lowest BCUT2D eigenvalue weighted by atomic mass is 9.48. The van der Waals surface area contributed by atoms with Crippen molar-refractivity contribution in [3.63, 3.8) is 0 Å². The molecule has 0 N–H and O–H groups in total. The highest BCUT2D eigenvalue weighted by atomic mass is 16.6. The van der Waals surface area contributed by atoms with Gasteiger partial charge >= 0.3 is 11.9 Å². The van der Waals surface area contributed by atoms with Crippen molar-refractivity contribution in [2.45, 2.75) is 69.4 Å². The summed E-state index contributed by atoms with van der Waals surface area (Å²) < 4.78 is 52.6. The summed E-state index contributed by atoms with van der Waals surface area (Å²) in [5, 5.41) is 0. The molecule has 0 amide bonds. The number of allylic oxidation sites excluding steroid dienone is 2. The molecule has 0 radical (unpaired) electrons. The lowest BCUT2D eigenvalue weighted by Gasteiger charge is -2.62. The van der Waals surface area contributed by atoms with Crippen LogP contribution >= 0.6 is 0 Å². The van der Waals surface area contributed by atoms with E-state index in [0.29, 0.717) is 35.5 Å². The molecule has 4 unspecified atom stereocenters. The van der Waals surface area contributed by atoms with Crippen LogP contribution in [-0.4, -0.2) is 78.0 Å².